The highest BCUT2D eigenvalue weighted by atomic mass is 19.4. The van der Waals surface area contributed by atoms with Gasteiger partial charge in [-0.25, -0.2) is 4.98 Å². The molecule has 0 radical (unpaired) electrons. The first-order valence-electron chi connectivity index (χ1n) is 9.09. The number of morpholine rings is 1. The van der Waals surface area contributed by atoms with Gasteiger partial charge in [0.05, 0.1) is 47.2 Å². The summed E-state index contributed by atoms with van der Waals surface area (Å²) in [5.74, 6) is -0.315. The Morgan fingerprint density at radius 3 is 2.76 bits per heavy atom. The first-order chi connectivity index (χ1) is 13.8. The van der Waals surface area contributed by atoms with Gasteiger partial charge in [0.1, 0.15) is 0 Å². The topological polar surface area (TPSA) is 68.5 Å². The number of fused-ring (bicyclic) bond motifs is 1. The number of pyridine rings is 1. The highest BCUT2D eigenvalue weighted by Crippen LogP contribution is 2.37. The number of benzene rings is 1. The molecule has 4 rings (SSSR count). The predicted molar refractivity (Wildman–Crippen MR) is 98.3 cm³/mol. The number of amides is 1. The lowest BCUT2D eigenvalue weighted by Gasteiger charge is -2.33. The summed E-state index contributed by atoms with van der Waals surface area (Å²) >= 11 is 0. The van der Waals surface area contributed by atoms with Gasteiger partial charge in [0.15, 0.2) is 0 Å². The fraction of sp³-hybridized carbons (Fsp3) is 0.350. The summed E-state index contributed by atoms with van der Waals surface area (Å²) in [6, 6.07) is 6.34. The molecule has 1 atom stereocenters. The van der Waals surface area contributed by atoms with Gasteiger partial charge in [0, 0.05) is 12.1 Å². The molecule has 0 spiro atoms. The second-order valence-electron chi connectivity index (χ2n) is 6.97. The first-order valence-corrected chi connectivity index (χ1v) is 9.09. The van der Waals surface area contributed by atoms with E-state index in [2.05, 4.69) is 10.1 Å². The van der Waals surface area contributed by atoms with Gasteiger partial charge in [-0.15, -0.1) is 0 Å². The molecule has 0 bridgehead atoms. The molecule has 3 heterocycles. The number of rotatable bonds is 2. The molecular weight excluding hydrogens is 387 g/mol. The number of hydrogen-bond acceptors (Lipinski definition) is 5. The molecule has 1 fully saturated rings. The van der Waals surface area contributed by atoms with E-state index in [0.29, 0.717) is 30.8 Å². The molecule has 2 aromatic heterocycles. The molecule has 9 heteroatoms. The molecule has 1 aromatic carbocycles. The minimum Gasteiger partial charge on any atom is -0.377 e. The number of hydrogen-bond donors (Lipinski definition) is 0. The van der Waals surface area contributed by atoms with Crippen molar-refractivity contribution in [2.45, 2.75) is 26.1 Å². The number of aryl methyl sites for hydroxylation is 1. The number of aromatic nitrogens is 2. The Morgan fingerprint density at radius 2 is 2.03 bits per heavy atom. The number of ether oxygens (including phenoxy) is 1. The van der Waals surface area contributed by atoms with Gasteiger partial charge in [-0.3, -0.25) is 4.79 Å². The predicted octanol–water partition coefficient (Wildman–Crippen LogP) is 4.08. The monoisotopic (exact) mass is 405 g/mol. The van der Waals surface area contributed by atoms with E-state index >= 15 is 0 Å². The van der Waals surface area contributed by atoms with E-state index < -0.39 is 11.7 Å². The zero-order chi connectivity index (χ0) is 20.8. The maximum absolute atomic E-state index is 13.5. The molecule has 1 saturated heterocycles. The number of carbonyl (C=O) groups is 1. The zero-order valence-corrected chi connectivity index (χ0v) is 15.8. The second-order valence-corrected chi connectivity index (χ2v) is 6.97. The smallest absolute Gasteiger partial charge is 0.377 e. The lowest BCUT2D eigenvalue weighted by molar-refractivity contribution is -0.137. The van der Waals surface area contributed by atoms with Gasteiger partial charge in [-0.2, -0.15) is 13.2 Å². The van der Waals surface area contributed by atoms with Crippen LogP contribution in [0.2, 0.25) is 0 Å². The van der Waals surface area contributed by atoms with E-state index in [4.69, 9.17) is 9.26 Å². The van der Waals surface area contributed by atoms with E-state index in [-0.39, 0.29) is 34.5 Å². The van der Waals surface area contributed by atoms with Gasteiger partial charge in [0.2, 0.25) is 0 Å². The summed E-state index contributed by atoms with van der Waals surface area (Å²) in [6.45, 7) is 4.71. The highest BCUT2D eigenvalue weighted by Gasteiger charge is 2.35. The molecule has 1 unspecified atom stereocenters. The second kappa shape index (κ2) is 7.14. The van der Waals surface area contributed by atoms with E-state index in [1.165, 1.54) is 24.3 Å². The maximum Gasteiger partial charge on any atom is 0.417 e. The Kier molecular flexibility index (Phi) is 4.77. The van der Waals surface area contributed by atoms with E-state index in [1.807, 2.05) is 6.92 Å². The molecule has 0 saturated carbocycles. The largest absolute Gasteiger partial charge is 0.417 e. The third kappa shape index (κ3) is 3.46. The Balaban J connectivity index is 1.90. The minimum absolute atomic E-state index is 0.00541. The fourth-order valence-corrected chi connectivity index (χ4v) is 3.54. The summed E-state index contributed by atoms with van der Waals surface area (Å²) in [6.07, 6.45) is -4.56. The third-order valence-corrected chi connectivity index (χ3v) is 4.98. The normalized spacial score (nSPS) is 17.7. The van der Waals surface area contributed by atoms with Gasteiger partial charge >= 0.3 is 6.18 Å². The van der Waals surface area contributed by atoms with E-state index in [1.54, 1.807) is 11.8 Å². The van der Waals surface area contributed by atoms with Crippen LogP contribution in [0.3, 0.4) is 0 Å². The van der Waals surface area contributed by atoms with Crippen molar-refractivity contribution in [1.82, 2.24) is 15.0 Å². The molecule has 0 aliphatic carbocycles. The summed E-state index contributed by atoms with van der Waals surface area (Å²) in [7, 11) is 0. The van der Waals surface area contributed by atoms with Gasteiger partial charge < -0.3 is 14.2 Å². The van der Waals surface area contributed by atoms with Crippen molar-refractivity contribution in [3.8, 4) is 11.3 Å². The van der Waals surface area contributed by atoms with Crippen LogP contribution in [-0.2, 0) is 10.9 Å². The maximum atomic E-state index is 13.5. The minimum atomic E-state index is -4.56. The molecular formula is C20H18F3N3O3. The van der Waals surface area contributed by atoms with Crippen molar-refractivity contribution in [2.75, 3.05) is 19.8 Å². The van der Waals surface area contributed by atoms with Crippen molar-refractivity contribution in [2.24, 2.45) is 0 Å². The Labute approximate surface area is 164 Å². The quantitative estimate of drug-likeness (QED) is 0.643. The average molecular weight is 405 g/mol. The fourth-order valence-electron chi connectivity index (χ4n) is 3.54. The van der Waals surface area contributed by atoms with Crippen LogP contribution in [0.25, 0.3) is 22.4 Å². The Morgan fingerprint density at radius 1 is 1.28 bits per heavy atom. The Hall–Kier alpha value is -2.94. The van der Waals surface area contributed by atoms with Crippen molar-refractivity contribution in [3.05, 3.63) is 47.2 Å². The first kappa shape index (κ1) is 19.4. The SMILES string of the molecule is Cc1noc2nc(-c3ccccc3C(F)(F)F)cc(C(=O)N3CCOCC3C)c12. The summed E-state index contributed by atoms with van der Waals surface area (Å²) < 4.78 is 51.1. The van der Waals surface area contributed by atoms with Crippen molar-refractivity contribution in [1.29, 1.82) is 0 Å². The highest BCUT2D eigenvalue weighted by molar-refractivity contribution is 6.07. The van der Waals surface area contributed by atoms with Gasteiger partial charge in [-0.05, 0) is 26.0 Å². The van der Waals surface area contributed by atoms with Crippen LogP contribution >= 0.6 is 0 Å². The van der Waals surface area contributed by atoms with Crippen LogP contribution < -0.4 is 0 Å². The molecule has 1 aliphatic heterocycles. The molecule has 6 nitrogen and oxygen atoms in total. The Bertz CT molecular complexity index is 1080. The van der Waals surface area contributed by atoms with E-state index in [0.717, 1.165) is 6.07 Å². The molecule has 1 aliphatic rings. The number of carbonyl (C=O) groups excluding carboxylic acids is 1. The number of halogens is 3. The van der Waals surface area contributed by atoms with E-state index in [9.17, 15) is 18.0 Å². The summed E-state index contributed by atoms with van der Waals surface area (Å²) in [5.41, 5.74) is -0.254. The zero-order valence-electron chi connectivity index (χ0n) is 15.8. The molecule has 29 heavy (non-hydrogen) atoms. The van der Waals surface area contributed by atoms with Crippen LogP contribution in [0.1, 0.15) is 28.5 Å². The van der Waals surface area contributed by atoms with Crippen LogP contribution in [0.4, 0.5) is 13.2 Å². The summed E-state index contributed by atoms with van der Waals surface area (Å²) in [5, 5.41) is 4.26. The standard InChI is InChI=1S/C20H18F3N3O3/c1-11-10-28-8-7-26(11)19(27)14-9-16(24-18-17(14)12(2)25-29-18)13-5-3-4-6-15(13)20(21,22)23/h3-6,9,11H,7-8,10H2,1-2H3. The van der Waals surface area contributed by atoms with Crippen molar-refractivity contribution >= 4 is 17.0 Å². The van der Waals surface area contributed by atoms with Gasteiger partial charge in [0.25, 0.3) is 11.6 Å². The average Bonchev–Trinajstić information content (AvgIpc) is 3.07. The lowest BCUT2D eigenvalue weighted by Crippen LogP contribution is -2.47. The van der Waals surface area contributed by atoms with Crippen molar-refractivity contribution < 1.29 is 27.2 Å². The number of nitrogens with zero attached hydrogens (tertiary/aromatic N) is 3. The van der Waals surface area contributed by atoms with Gasteiger partial charge in [-0.1, -0.05) is 23.4 Å². The van der Waals surface area contributed by atoms with Crippen LogP contribution in [-0.4, -0.2) is 46.7 Å². The lowest BCUT2D eigenvalue weighted by atomic mass is 10.00. The van der Waals surface area contributed by atoms with Crippen molar-refractivity contribution in [3.63, 3.8) is 0 Å². The number of alkyl halides is 3. The summed E-state index contributed by atoms with van der Waals surface area (Å²) in [4.78, 5) is 19.2. The van der Waals surface area contributed by atoms with Crippen LogP contribution in [0.15, 0.2) is 34.9 Å². The molecule has 3 aromatic rings. The molecule has 0 N–H and O–H groups in total. The molecule has 1 amide bonds. The molecule has 152 valence electrons. The van der Waals surface area contributed by atoms with Crippen LogP contribution in [0, 0.1) is 6.92 Å². The third-order valence-electron chi connectivity index (χ3n) is 4.98. The van der Waals surface area contributed by atoms with Crippen LogP contribution in [0.5, 0.6) is 0 Å².